The van der Waals surface area contributed by atoms with Crippen LogP contribution in [-0.4, -0.2) is 37.1 Å². The fourth-order valence-corrected chi connectivity index (χ4v) is 3.32. The van der Waals surface area contributed by atoms with Crippen LogP contribution in [0.5, 0.6) is 0 Å². The average molecular weight is 355 g/mol. The quantitative estimate of drug-likeness (QED) is 0.719. The minimum absolute atomic E-state index is 0.0346. The largest absolute Gasteiger partial charge is 0.451 e. The maximum atomic E-state index is 13.9. The molecule has 134 valence electrons. The van der Waals surface area contributed by atoms with Crippen molar-refractivity contribution in [2.45, 2.75) is 32.9 Å². The summed E-state index contributed by atoms with van der Waals surface area (Å²) >= 11 is 0. The van der Waals surface area contributed by atoms with Crippen LogP contribution in [0, 0.1) is 5.82 Å². The van der Waals surface area contributed by atoms with Crippen molar-refractivity contribution in [1.82, 2.24) is 24.6 Å². The van der Waals surface area contributed by atoms with E-state index in [2.05, 4.69) is 22.0 Å². The van der Waals surface area contributed by atoms with Crippen LogP contribution >= 0.6 is 0 Å². The number of amides is 1. The van der Waals surface area contributed by atoms with E-state index in [4.69, 9.17) is 4.42 Å². The lowest BCUT2D eigenvalue weighted by atomic mass is 10.0. The van der Waals surface area contributed by atoms with Gasteiger partial charge in [-0.3, -0.25) is 14.5 Å². The van der Waals surface area contributed by atoms with E-state index < -0.39 is 5.82 Å². The van der Waals surface area contributed by atoms with Crippen LogP contribution in [0.25, 0.3) is 11.4 Å². The summed E-state index contributed by atoms with van der Waals surface area (Å²) in [5.41, 5.74) is 3.44. The molecule has 4 rings (SSSR count). The fourth-order valence-electron chi connectivity index (χ4n) is 3.32. The molecule has 26 heavy (non-hydrogen) atoms. The highest BCUT2D eigenvalue weighted by atomic mass is 19.1. The summed E-state index contributed by atoms with van der Waals surface area (Å²) in [6, 6.07) is 1.41. The SMILES string of the molecule is CCCn1nc(-c2cocn2)c2c1CCN(C(=O)c1ccncc1F)C2. The summed E-state index contributed by atoms with van der Waals surface area (Å²) < 4.78 is 21.0. The number of hydrogen-bond acceptors (Lipinski definition) is 5. The van der Waals surface area contributed by atoms with E-state index in [0.29, 0.717) is 25.2 Å². The highest BCUT2D eigenvalue weighted by Gasteiger charge is 2.30. The molecule has 0 saturated heterocycles. The van der Waals surface area contributed by atoms with Crippen LogP contribution in [-0.2, 0) is 19.5 Å². The third-order valence-electron chi connectivity index (χ3n) is 4.53. The minimum atomic E-state index is -0.610. The Morgan fingerprint density at radius 1 is 1.42 bits per heavy atom. The number of aryl methyl sites for hydroxylation is 1. The Morgan fingerprint density at radius 3 is 3.04 bits per heavy atom. The van der Waals surface area contributed by atoms with Gasteiger partial charge in [-0.2, -0.15) is 5.10 Å². The normalized spacial score (nSPS) is 13.7. The van der Waals surface area contributed by atoms with E-state index in [0.717, 1.165) is 36.1 Å². The number of oxazole rings is 1. The Kier molecular flexibility index (Phi) is 4.24. The van der Waals surface area contributed by atoms with E-state index >= 15 is 0 Å². The molecule has 3 aromatic rings. The highest BCUT2D eigenvalue weighted by Crippen LogP contribution is 2.30. The molecule has 0 bridgehead atoms. The second-order valence-electron chi connectivity index (χ2n) is 6.20. The van der Waals surface area contributed by atoms with Gasteiger partial charge in [-0.1, -0.05) is 6.92 Å². The van der Waals surface area contributed by atoms with Crippen molar-refractivity contribution < 1.29 is 13.6 Å². The van der Waals surface area contributed by atoms with Crippen LogP contribution in [0.2, 0.25) is 0 Å². The Morgan fingerprint density at radius 2 is 2.31 bits per heavy atom. The predicted octanol–water partition coefficient (Wildman–Crippen LogP) is 2.68. The van der Waals surface area contributed by atoms with Gasteiger partial charge in [0.2, 0.25) is 0 Å². The first-order valence-electron chi connectivity index (χ1n) is 8.55. The number of carbonyl (C=O) groups is 1. The van der Waals surface area contributed by atoms with Crippen LogP contribution in [0.3, 0.4) is 0 Å². The third-order valence-corrected chi connectivity index (χ3v) is 4.53. The van der Waals surface area contributed by atoms with Gasteiger partial charge in [0, 0.05) is 37.0 Å². The Balaban J connectivity index is 1.70. The zero-order valence-corrected chi connectivity index (χ0v) is 14.4. The third kappa shape index (κ3) is 2.77. The molecule has 1 amide bonds. The first kappa shape index (κ1) is 16.4. The molecule has 0 unspecified atom stereocenters. The second kappa shape index (κ2) is 6.70. The lowest BCUT2D eigenvalue weighted by Gasteiger charge is -2.28. The predicted molar refractivity (Wildman–Crippen MR) is 90.7 cm³/mol. The molecule has 1 aliphatic heterocycles. The zero-order valence-electron chi connectivity index (χ0n) is 14.4. The van der Waals surface area contributed by atoms with Crippen LogP contribution < -0.4 is 0 Å². The van der Waals surface area contributed by atoms with Crippen molar-refractivity contribution in [2.75, 3.05) is 6.54 Å². The zero-order chi connectivity index (χ0) is 18.1. The smallest absolute Gasteiger partial charge is 0.257 e. The monoisotopic (exact) mass is 355 g/mol. The van der Waals surface area contributed by atoms with Gasteiger partial charge in [-0.05, 0) is 12.5 Å². The molecule has 1 aliphatic rings. The number of pyridine rings is 1. The van der Waals surface area contributed by atoms with Crippen molar-refractivity contribution in [2.24, 2.45) is 0 Å². The van der Waals surface area contributed by atoms with Gasteiger partial charge in [-0.15, -0.1) is 0 Å². The van der Waals surface area contributed by atoms with Gasteiger partial charge in [0.1, 0.15) is 17.7 Å². The Bertz CT molecular complexity index is 935. The number of nitrogens with zero attached hydrogens (tertiary/aromatic N) is 5. The van der Waals surface area contributed by atoms with Crippen LogP contribution in [0.1, 0.15) is 35.0 Å². The average Bonchev–Trinajstić information content (AvgIpc) is 3.30. The highest BCUT2D eigenvalue weighted by molar-refractivity contribution is 5.94. The van der Waals surface area contributed by atoms with Gasteiger partial charge in [0.25, 0.3) is 5.91 Å². The number of aromatic nitrogens is 4. The molecule has 0 aliphatic carbocycles. The topological polar surface area (TPSA) is 77.0 Å². The van der Waals surface area contributed by atoms with Crippen molar-refractivity contribution >= 4 is 5.91 Å². The fraction of sp³-hybridized carbons (Fsp3) is 0.333. The molecule has 0 N–H and O–H groups in total. The van der Waals surface area contributed by atoms with E-state index in [9.17, 15) is 9.18 Å². The van der Waals surface area contributed by atoms with Gasteiger partial charge in [-0.25, -0.2) is 9.37 Å². The Labute approximate surface area is 149 Å². The van der Waals surface area contributed by atoms with Gasteiger partial charge in [0.05, 0.1) is 18.3 Å². The maximum Gasteiger partial charge on any atom is 0.257 e. The van der Waals surface area contributed by atoms with E-state index in [1.165, 1.54) is 18.7 Å². The first-order valence-corrected chi connectivity index (χ1v) is 8.55. The molecular weight excluding hydrogens is 337 g/mol. The molecule has 3 aromatic heterocycles. The number of rotatable bonds is 4. The van der Waals surface area contributed by atoms with Gasteiger partial charge in [0.15, 0.2) is 12.2 Å². The second-order valence-corrected chi connectivity index (χ2v) is 6.20. The molecule has 0 aromatic carbocycles. The van der Waals surface area contributed by atoms with E-state index in [-0.39, 0.29) is 11.5 Å². The maximum absolute atomic E-state index is 13.9. The number of halogens is 1. The van der Waals surface area contributed by atoms with Gasteiger partial charge < -0.3 is 9.32 Å². The molecule has 0 atom stereocenters. The summed E-state index contributed by atoms with van der Waals surface area (Å²) in [5.74, 6) is -0.952. The van der Waals surface area contributed by atoms with Crippen molar-refractivity contribution in [1.29, 1.82) is 0 Å². The summed E-state index contributed by atoms with van der Waals surface area (Å²) in [6.45, 7) is 3.77. The molecule has 0 radical (unpaired) electrons. The standard InChI is InChI=1S/C18H18FN5O2/c1-2-6-24-16-4-7-23(18(25)12-3-5-20-8-14(12)19)9-13(16)17(22-24)15-10-26-11-21-15/h3,5,8,10-11H,2,4,6-7,9H2,1H3. The van der Waals surface area contributed by atoms with E-state index in [1.807, 2.05) is 4.68 Å². The van der Waals surface area contributed by atoms with Crippen molar-refractivity contribution in [3.8, 4) is 11.4 Å². The molecule has 0 fully saturated rings. The number of hydrogen-bond donors (Lipinski definition) is 0. The summed E-state index contributed by atoms with van der Waals surface area (Å²) in [5, 5.41) is 4.68. The lowest BCUT2D eigenvalue weighted by Crippen LogP contribution is -2.37. The molecule has 0 saturated carbocycles. The molecule has 0 spiro atoms. The van der Waals surface area contributed by atoms with Crippen LogP contribution in [0.4, 0.5) is 4.39 Å². The summed E-state index contributed by atoms with van der Waals surface area (Å²) in [7, 11) is 0. The summed E-state index contributed by atoms with van der Waals surface area (Å²) in [4.78, 5) is 22.3. The number of fused-ring (bicyclic) bond motifs is 1. The van der Waals surface area contributed by atoms with Crippen LogP contribution in [0.15, 0.2) is 35.5 Å². The van der Waals surface area contributed by atoms with Crippen molar-refractivity contribution in [3.05, 3.63) is 53.8 Å². The minimum Gasteiger partial charge on any atom is -0.451 e. The number of carbonyl (C=O) groups excluding carboxylic acids is 1. The summed E-state index contributed by atoms with van der Waals surface area (Å²) in [6.07, 6.45) is 7.01. The molecule has 7 nitrogen and oxygen atoms in total. The molecule has 4 heterocycles. The molecule has 8 heteroatoms. The van der Waals surface area contributed by atoms with Gasteiger partial charge >= 0.3 is 0 Å². The lowest BCUT2D eigenvalue weighted by molar-refractivity contribution is 0.0728. The molecular formula is C18H18FN5O2. The Hall–Kier alpha value is -3.03. The van der Waals surface area contributed by atoms with Crippen molar-refractivity contribution in [3.63, 3.8) is 0 Å². The van der Waals surface area contributed by atoms with E-state index in [1.54, 1.807) is 11.2 Å². The first-order chi connectivity index (χ1) is 12.7.